The molecule has 0 aliphatic heterocycles. The highest BCUT2D eigenvalue weighted by atomic mass is 16.3. The number of phenols is 1. The number of hydrogen-bond donors (Lipinski definition) is 3. The van der Waals surface area contributed by atoms with Crippen LogP contribution in [-0.4, -0.2) is 11.1 Å². The molecule has 0 heterocycles. The molecule has 4 nitrogen and oxygen atoms in total. The molecule has 0 aliphatic rings. The van der Waals surface area contributed by atoms with Crippen molar-refractivity contribution in [2.75, 3.05) is 10.6 Å². The molecule has 3 N–H and O–H groups in total. The van der Waals surface area contributed by atoms with Crippen molar-refractivity contribution in [3.8, 4) is 5.75 Å². The van der Waals surface area contributed by atoms with Gasteiger partial charge in [-0.05, 0) is 36.8 Å². The summed E-state index contributed by atoms with van der Waals surface area (Å²) in [4.78, 5) is 11.8. The van der Waals surface area contributed by atoms with Crippen molar-refractivity contribution in [2.24, 2.45) is 0 Å². The summed E-state index contributed by atoms with van der Waals surface area (Å²) < 4.78 is 0. The molecule has 0 aliphatic carbocycles. The number of carbonyl (C=O) groups is 1. The van der Waals surface area contributed by atoms with E-state index < -0.39 is 0 Å². The number of carbonyl (C=O) groups excluding carboxylic acids is 1. The monoisotopic (exact) mass is 268 g/mol. The topological polar surface area (TPSA) is 61.4 Å². The van der Waals surface area contributed by atoms with E-state index in [0.717, 1.165) is 5.56 Å². The van der Waals surface area contributed by atoms with Crippen molar-refractivity contribution in [3.05, 3.63) is 60.2 Å². The molecule has 0 unspecified atom stereocenters. The third-order valence-corrected chi connectivity index (χ3v) is 2.63. The number of anilines is 2. The Morgan fingerprint density at radius 2 is 1.75 bits per heavy atom. The zero-order valence-electron chi connectivity index (χ0n) is 11.1. The van der Waals surface area contributed by atoms with E-state index in [1.165, 1.54) is 6.07 Å². The van der Waals surface area contributed by atoms with Crippen LogP contribution in [0.5, 0.6) is 5.75 Å². The largest absolute Gasteiger partial charge is 0.508 e. The molecule has 0 aromatic heterocycles. The lowest BCUT2D eigenvalue weighted by molar-refractivity contribution is 0.262. The van der Waals surface area contributed by atoms with E-state index >= 15 is 0 Å². The molecule has 4 heteroatoms. The SMILES string of the molecule is CC=Cc1ccc(NC(=O)Nc2cccc(O)c2)cc1. The van der Waals surface area contributed by atoms with Gasteiger partial charge in [0.1, 0.15) is 5.75 Å². The highest BCUT2D eigenvalue weighted by Gasteiger charge is 2.02. The van der Waals surface area contributed by atoms with Crippen molar-refractivity contribution >= 4 is 23.5 Å². The second-order valence-electron chi connectivity index (χ2n) is 4.25. The summed E-state index contributed by atoms with van der Waals surface area (Å²) in [5.74, 6) is 0.110. The Morgan fingerprint density at radius 1 is 1.05 bits per heavy atom. The van der Waals surface area contributed by atoms with E-state index in [1.807, 2.05) is 43.3 Å². The van der Waals surface area contributed by atoms with Gasteiger partial charge in [-0.2, -0.15) is 0 Å². The first-order valence-electron chi connectivity index (χ1n) is 6.27. The summed E-state index contributed by atoms with van der Waals surface area (Å²) >= 11 is 0. The third kappa shape index (κ3) is 3.88. The number of allylic oxidation sites excluding steroid dienone is 1. The molecule has 2 aromatic rings. The molecule has 0 radical (unpaired) electrons. The summed E-state index contributed by atoms with van der Waals surface area (Å²) in [6.45, 7) is 1.95. The highest BCUT2D eigenvalue weighted by molar-refractivity contribution is 5.99. The third-order valence-electron chi connectivity index (χ3n) is 2.63. The quantitative estimate of drug-likeness (QED) is 0.785. The normalized spacial score (nSPS) is 10.4. The lowest BCUT2D eigenvalue weighted by Gasteiger charge is -2.08. The molecule has 0 bridgehead atoms. The summed E-state index contributed by atoms with van der Waals surface area (Å²) in [7, 11) is 0. The number of aromatic hydroxyl groups is 1. The van der Waals surface area contributed by atoms with E-state index in [0.29, 0.717) is 11.4 Å². The average Bonchev–Trinajstić information content (AvgIpc) is 2.41. The molecule has 0 atom stereocenters. The Balaban J connectivity index is 1.97. The predicted molar refractivity (Wildman–Crippen MR) is 81.9 cm³/mol. The van der Waals surface area contributed by atoms with Gasteiger partial charge in [-0.25, -0.2) is 4.79 Å². The van der Waals surface area contributed by atoms with Crippen LogP contribution in [0.4, 0.5) is 16.2 Å². The maximum atomic E-state index is 11.8. The maximum absolute atomic E-state index is 11.8. The summed E-state index contributed by atoms with van der Waals surface area (Å²) in [5, 5.41) is 14.7. The maximum Gasteiger partial charge on any atom is 0.323 e. The van der Waals surface area contributed by atoms with Crippen LogP contribution in [0.1, 0.15) is 12.5 Å². The van der Waals surface area contributed by atoms with E-state index in [4.69, 9.17) is 0 Å². The van der Waals surface area contributed by atoms with E-state index in [-0.39, 0.29) is 11.8 Å². The second-order valence-corrected chi connectivity index (χ2v) is 4.25. The van der Waals surface area contributed by atoms with Gasteiger partial charge in [-0.1, -0.05) is 30.4 Å². The smallest absolute Gasteiger partial charge is 0.323 e. The number of rotatable bonds is 3. The second kappa shape index (κ2) is 6.43. The molecule has 0 fully saturated rings. The van der Waals surface area contributed by atoms with Crippen molar-refractivity contribution in [3.63, 3.8) is 0 Å². The minimum Gasteiger partial charge on any atom is -0.508 e. The zero-order chi connectivity index (χ0) is 14.4. The standard InChI is InChI=1S/C16H16N2O2/c1-2-4-12-7-9-13(10-8-12)17-16(20)18-14-5-3-6-15(19)11-14/h2-11,19H,1H3,(H2,17,18,20). The fourth-order valence-electron chi connectivity index (χ4n) is 1.75. The number of benzene rings is 2. The van der Waals surface area contributed by atoms with E-state index in [1.54, 1.807) is 18.2 Å². The van der Waals surface area contributed by atoms with Crippen LogP contribution in [-0.2, 0) is 0 Å². The van der Waals surface area contributed by atoms with Gasteiger partial charge in [0.2, 0.25) is 0 Å². The van der Waals surface area contributed by atoms with Gasteiger partial charge in [-0.15, -0.1) is 0 Å². The minimum absolute atomic E-state index is 0.110. The van der Waals surface area contributed by atoms with Gasteiger partial charge < -0.3 is 15.7 Å². The first kappa shape index (κ1) is 13.7. The molecule has 2 aromatic carbocycles. The van der Waals surface area contributed by atoms with Gasteiger partial charge in [0.25, 0.3) is 0 Å². The van der Waals surface area contributed by atoms with Crippen LogP contribution in [0.3, 0.4) is 0 Å². The van der Waals surface area contributed by atoms with Crippen LogP contribution >= 0.6 is 0 Å². The van der Waals surface area contributed by atoms with Crippen LogP contribution < -0.4 is 10.6 Å². The fraction of sp³-hybridized carbons (Fsp3) is 0.0625. The van der Waals surface area contributed by atoms with Crippen molar-refractivity contribution in [2.45, 2.75) is 6.92 Å². The van der Waals surface area contributed by atoms with Gasteiger partial charge in [-0.3, -0.25) is 0 Å². The summed E-state index contributed by atoms with van der Waals surface area (Å²) in [6.07, 6.45) is 3.94. The molecule has 0 saturated heterocycles. The predicted octanol–water partition coefficient (Wildman–Crippen LogP) is 4.07. The van der Waals surface area contributed by atoms with Crippen LogP contribution in [0.15, 0.2) is 54.6 Å². The van der Waals surface area contributed by atoms with Crippen LogP contribution in [0, 0.1) is 0 Å². The Morgan fingerprint density at radius 3 is 2.40 bits per heavy atom. The summed E-state index contributed by atoms with van der Waals surface area (Å²) in [6, 6.07) is 13.5. The highest BCUT2D eigenvalue weighted by Crippen LogP contribution is 2.16. The fourth-order valence-corrected chi connectivity index (χ4v) is 1.75. The molecular formula is C16H16N2O2. The molecule has 2 rings (SSSR count). The average molecular weight is 268 g/mol. The van der Waals surface area contributed by atoms with E-state index in [2.05, 4.69) is 10.6 Å². The van der Waals surface area contributed by atoms with Crippen molar-refractivity contribution in [1.82, 2.24) is 0 Å². The van der Waals surface area contributed by atoms with Crippen molar-refractivity contribution < 1.29 is 9.90 Å². The van der Waals surface area contributed by atoms with Gasteiger partial charge in [0, 0.05) is 17.4 Å². The van der Waals surface area contributed by atoms with Crippen molar-refractivity contribution in [1.29, 1.82) is 0 Å². The van der Waals surface area contributed by atoms with Crippen LogP contribution in [0.25, 0.3) is 6.08 Å². The van der Waals surface area contributed by atoms with Gasteiger partial charge in [0.15, 0.2) is 0 Å². The Bertz CT molecular complexity index is 619. The molecular weight excluding hydrogens is 252 g/mol. The summed E-state index contributed by atoms with van der Waals surface area (Å²) in [5.41, 5.74) is 2.32. The number of phenolic OH excluding ortho intramolecular Hbond substituents is 1. The molecule has 102 valence electrons. The Labute approximate surface area is 117 Å². The van der Waals surface area contributed by atoms with Crippen LogP contribution in [0.2, 0.25) is 0 Å². The first-order chi connectivity index (χ1) is 9.67. The van der Waals surface area contributed by atoms with Gasteiger partial charge in [0.05, 0.1) is 0 Å². The Kier molecular flexibility index (Phi) is 4.39. The molecule has 0 spiro atoms. The molecule has 20 heavy (non-hydrogen) atoms. The van der Waals surface area contributed by atoms with E-state index in [9.17, 15) is 9.90 Å². The molecule has 2 amide bonds. The molecule has 0 saturated carbocycles. The minimum atomic E-state index is -0.352. The lowest BCUT2D eigenvalue weighted by Crippen LogP contribution is -2.19. The number of hydrogen-bond acceptors (Lipinski definition) is 2. The zero-order valence-corrected chi connectivity index (χ0v) is 11.1. The van der Waals surface area contributed by atoms with Gasteiger partial charge >= 0.3 is 6.03 Å². The number of urea groups is 1. The lowest BCUT2D eigenvalue weighted by atomic mass is 10.2. The number of nitrogens with one attached hydrogen (secondary N) is 2. The first-order valence-corrected chi connectivity index (χ1v) is 6.27. The Hall–Kier alpha value is -2.75. The number of amides is 2.